The number of hydrogen-bond donors (Lipinski definition) is 2. The maximum atomic E-state index is 12.5. The van der Waals surface area contributed by atoms with Gasteiger partial charge in [-0.3, -0.25) is 14.4 Å². The molecule has 152 valence electrons. The number of aromatic nitrogens is 1. The van der Waals surface area contributed by atoms with Gasteiger partial charge in [0.15, 0.2) is 12.0 Å². The molecule has 7 nitrogen and oxygen atoms in total. The lowest BCUT2D eigenvalue weighted by atomic mass is 10.2. The number of carbonyl (C=O) groups is 2. The van der Waals surface area contributed by atoms with E-state index in [0.717, 1.165) is 25.0 Å². The van der Waals surface area contributed by atoms with E-state index in [1.54, 1.807) is 18.2 Å². The van der Waals surface area contributed by atoms with Crippen LogP contribution in [0, 0.1) is 0 Å². The van der Waals surface area contributed by atoms with Gasteiger partial charge in [0.2, 0.25) is 5.43 Å². The van der Waals surface area contributed by atoms with Gasteiger partial charge in [-0.2, -0.15) is 0 Å². The molecule has 0 bridgehead atoms. The molecule has 0 fully saturated rings. The Hall–Kier alpha value is -2.93. The first-order chi connectivity index (χ1) is 13.4. The summed E-state index contributed by atoms with van der Waals surface area (Å²) >= 11 is 0. The van der Waals surface area contributed by atoms with Crippen molar-refractivity contribution in [3.63, 3.8) is 0 Å². The highest BCUT2D eigenvalue weighted by molar-refractivity contribution is 5.95. The number of unbranched alkanes of at least 4 members (excludes halogenated alkanes) is 1. The maximum absolute atomic E-state index is 12.5. The van der Waals surface area contributed by atoms with Crippen LogP contribution in [0.15, 0.2) is 48.0 Å². The van der Waals surface area contributed by atoms with Crippen LogP contribution in [-0.2, 0) is 6.54 Å². The minimum absolute atomic E-state index is 0.135. The Balaban J connectivity index is 3.08. The average Bonchev–Trinajstić information content (AvgIpc) is 2.69. The van der Waals surface area contributed by atoms with Gasteiger partial charge in [-0.15, -0.1) is 0 Å². The molecule has 0 aliphatic rings. The number of pyridine rings is 1. The van der Waals surface area contributed by atoms with Gasteiger partial charge in [-0.25, -0.2) is 0 Å². The van der Waals surface area contributed by atoms with Crippen molar-refractivity contribution in [2.24, 2.45) is 0 Å². The Morgan fingerprint density at radius 1 is 1.36 bits per heavy atom. The molecule has 2 N–H and O–H groups in total. The Labute approximate surface area is 165 Å². The summed E-state index contributed by atoms with van der Waals surface area (Å²) in [6.45, 7) is 11.3. The largest absolute Gasteiger partial charge is 0.503 e. The fourth-order valence-electron chi connectivity index (χ4n) is 2.58. The van der Waals surface area contributed by atoms with Gasteiger partial charge in [0.05, 0.1) is 0 Å². The number of nitrogens with one attached hydrogen (secondary N) is 1. The Morgan fingerprint density at radius 2 is 2.07 bits per heavy atom. The van der Waals surface area contributed by atoms with E-state index < -0.39 is 17.1 Å². The number of hydrogen-bond acceptors (Lipinski definition) is 5. The Kier molecular flexibility index (Phi) is 9.67. The topological polar surface area (TPSA) is 91.6 Å². The van der Waals surface area contributed by atoms with Gasteiger partial charge in [-0.1, -0.05) is 44.7 Å². The van der Waals surface area contributed by atoms with Crippen molar-refractivity contribution in [3.05, 3.63) is 64.6 Å². The minimum atomic E-state index is -0.872. The molecular weight excluding hydrogens is 358 g/mol. The molecule has 0 saturated heterocycles. The van der Waals surface area contributed by atoms with Crippen LogP contribution in [-0.4, -0.2) is 53.4 Å². The summed E-state index contributed by atoms with van der Waals surface area (Å²) in [6, 6.07) is 0. The highest BCUT2D eigenvalue weighted by atomic mass is 16.3. The summed E-state index contributed by atoms with van der Waals surface area (Å²) in [5.41, 5.74) is -0.511. The fourth-order valence-corrected chi connectivity index (χ4v) is 2.58. The number of likely N-dealkylation sites (N-methyl/N-ethyl adjacent to an activating group) is 1. The summed E-state index contributed by atoms with van der Waals surface area (Å²) < 4.78 is 1.44. The van der Waals surface area contributed by atoms with Gasteiger partial charge >= 0.3 is 0 Å². The van der Waals surface area contributed by atoms with Gasteiger partial charge in [0, 0.05) is 25.8 Å². The summed E-state index contributed by atoms with van der Waals surface area (Å²) in [6.07, 6.45) is 8.68. The van der Waals surface area contributed by atoms with Crippen LogP contribution in [0.1, 0.15) is 40.6 Å². The smallest absolute Gasteiger partial charge is 0.257 e. The summed E-state index contributed by atoms with van der Waals surface area (Å²) in [7, 11) is 1.95. The van der Waals surface area contributed by atoms with Crippen LogP contribution in [0.3, 0.4) is 0 Å². The van der Waals surface area contributed by atoms with Crippen LogP contribution in [0.4, 0.5) is 0 Å². The molecule has 0 atom stereocenters. The van der Waals surface area contributed by atoms with Crippen molar-refractivity contribution in [2.45, 2.75) is 26.3 Å². The van der Waals surface area contributed by atoms with Crippen molar-refractivity contribution in [1.29, 1.82) is 0 Å². The lowest BCUT2D eigenvalue weighted by Crippen LogP contribution is -2.32. The second-order valence-electron chi connectivity index (χ2n) is 6.44. The SMILES string of the molecule is C=C/C=C(\C=C)CNC(=O)c1cn(CCN(C)CCCC)c(C=O)c(O)c1=O. The number of carbonyl (C=O) groups excluding carboxylic acids is 2. The molecule has 0 aliphatic heterocycles. The number of amides is 1. The van der Waals surface area contributed by atoms with E-state index in [-0.39, 0.29) is 17.8 Å². The molecule has 0 unspecified atom stereocenters. The van der Waals surface area contributed by atoms with E-state index in [2.05, 4.69) is 30.3 Å². The van der Waals surface area contributed by atoms with Gasteiger partial charge in [0.25, 0.3) is 5.91 Å². The normalized spacial score (nSPS) is 11.3. The monoisotopic (exact) mass is 387 g/mol. The lowest BCUT2D eigenvalue weighted by Gasteiger charge is -2.19. The van der Waals surface area contributed by atoms with Crippen molar-refractivity contribution in [1.82, 2.24) is 14.8 Å². The summed E-state index contributed by atoms with van der Waals surface area (Å²) in [5, 5.41) is 12.7. The second-order valence-corrected chi connectivity index (χ2v) is 6.44. The third-order valence-electron chi connectivity index (χ3n) is 4.32. The molecule has 28 heavy (non-hydrogen) atoms. The van der Waals surface area contributed by atoms with Crippen LogP contribution in [0.25, 0.3) is 0 Å². The van der Waals surface area contributed by atoms with Gasteiger partial charge in [-0.05, 0) is 25.6 Å². The summed E-state index contributed by atoms with van der Waals surface area (Å²) in [4.78, 5) is 38.2. The third-order valence-corrected chi connectivity index (χ3v) is 4.32. The number of aldehydes is 1. The zero-order chi connectivity index (χ0) is 21.1. The number of allylic oxidation sites excluding steroid dienone is 2. The van der Waals surface area contributed by atoms with Crippen molar-refractivity contribution in [3.8, 4) is 5.75 Å². The number of nitrogens with zero attached hydrogens (tertiary/aromatic N) is 2. The predicted molar refractivity (Wildman–Crippen MR) is 111 cm³/mol. The molecule has 1 heterocycles. The van der Waals surface area contributed by atoms with Gasteiger partial charge in [0.1, 0.15) is 11.3 Å². The second kappa shape index (κ2) is 11.7. The zero-order valence-corrected chi connectivity index (χ0v) is 16.6. The zero-order valence-electron chi connectivity index (χ0n) is 16.6. The van der Waals surface area contributed by atoms with E-state index >= 15 is 0 Å². The molecule has 0 spiro atoms. The molecule has 7 heteroatoms. The Bertz CT molecular complexity index is 809. The number of rotatable bonds is 12. The molecule has 0 aliphatic carbocycles. The molecule has 0 saturated carbocycles. The average molecular weight is 387 g/mol. The van der Waals surface area contributed by atoms with E-state index in [1.807, 2.05) is 7.05 Å². The highest BCUT2D eigenvalue weighted by Gasteiger charge is 2.19. The van der Waals surface area contributed by atoms with E-state index in [0.29, 0.717) is 19.4 Å². The predicted octanol–water partition coefficient (Wildman–Crippen LogP) is 2.13. The van der Waals surface area contributed by atoms with Crippen LogP contribution in [0.5, 0.6) is 5.75 Å². The minimum Gasteiger partial charge on any atom is -0.503 e. The molecule has 0 aromatic carbocycles. The maximum Gasteiger partial charge on any atom is 0.257 e. The standard InChI is InChI=1S/C21H29N3O4/c1-5-8-10-23(4)11-12-24-14-17(19(26)20(27)18(24)15-25)21(28)22-13-16(7-3)9-6-2/h6-7,9,14-15,27H,2-3,5,8,10-13H2,1,4H3,(H,22,28)/b16-9+. The van der Waals surface area contributed by atoms with Crippen molar-refractivity contribution in [2.75, 3.05) is 26.7 Å². The van der Waals surface area contributed by atoms with Crippen molar-refractivity contribution < 1.29 is 14.7 Å². The summed E-state index contributed by atoms with van der Waals surface area (Å²) in [5.74, 6) is -1.35. The van der Waals surface area contributed by atoms with Crippen molar-refractivity contribution >= 4 is 12.2 Å². The molecular formula is C21H29N3O4. The number of aromatic hydroxyl groups is 1. The molecule has 1 rings (SSSR count). The molecule has 1 aromatic rings. The first kappa shape index (κ1) is 23.1. The van der Waals surface area contributed by atoms with Gasteiger partial charge < -0.3 is 19.9 Å². The first-order valence-corrected chi connectivity index (χ1v) is 9.21. The van der Waals surface area contributed by atoms with Crippen LogP contribution >= 0.6 is 0 Å². The van der Waals surface area contributed by atoms with E-state index in [1.165, 1.54) is 10.8 Å². The quantitative estimate of drug-likeness (QED) is 0.423. The molecule has 1 aromatic heterocycles. The first-order valence-electron chi connectivity index (χ1n) is 9.21. The van der Waals surface area contributed by atoms with Crippen LogP contribution < -0.4 is 10.7 Å². The fraction of sp³-hybridized carbons (Fsp3) is 0.381. The van der Waals surface area contributed by atoms with E-state index in [9.17, 15) is 19.5 Å². The molecule has 1 amide bonds. The van der Waals surface area contributed by atoms with Crippen LogP contribution in [0.2, 0.25) is 0 Å². The highest BCUT2D eigenvalue weighted by Crippen LogP contribution is 2.12. The lowest BCUT2D eigenvalue weighted by molar-refractivity contribution is 0.0953. The Morgan fingerprint density at radius 3 is 2.64 bits per heavy atom. The van der Waals surface area contributed by atoms with E-state index in [4.69, 9.17) is 0 Å². The third kappa shape index (κ3) is 6.35. The molecule has 0 radical (unpaired) electrons.